The molecule has 5 heterocycles. The highest BCUT2D eigenvalue weighted by Gasteiger charge is 2.17. The fourth-order valence-corrected chi connectivity index (χ4v) is 4.23. The third kappa shape index (κ3) is 4.10. The molecule has 6 rings (SSSR count). The first-order valence-electron chi connectivity index (χ1n) is 11.8. The third-order valence-electron chi connectivity index (χ3n) is 6.17. The first kappa shape index (κ1) is 22.5. The zero-order valence-electron chi connectivity index (χ0n) is 20.1. The van der Waals surface area contributed by atoms with Crippen LogP contribution in [0.2, 0.25) is 0 Å². The number of nitrogens with one attached hydrogen (secondary N) is 3. The monoisotopic (exact) mass is 491 g/mol. The zero-order chi connectivity index (χ0) is 25.5. The molecule has 8 nitrogen and oxygen atoms in total. The molecule has 0 aliphatic carbocycles. The Bertz CT molecular complexity index is 1790. The number of fused-ring (bicyclic) bond motifs is 2. The van der Waals surface area contributed by atoms with Gasteiger partial charge in [0.05, 0.1) is 34.5 Å². The van der Waals surface area contributed by atoms with E-state index < -0.39 is 0 Å². The Morgan fingerprint density at radius 3 is 2.70 bits per heavy atom. The second-order valence-electron chi connectivity index (χ2n) is 9.05. The molecule has 0 fully saturated rings. The number of aromatic nitrogens is 6. The molecule has 1 aromatic carbocycles. The molecule has 37 heavy (non-hydrogen) atoms. The first-order valence-corrected chi connectivity index (χ1v) is 11.8. The number of pyridine rings is 3. The minimum absolute atomic E-state index is 0.0810. The Balaban J connectivity index is 1.42. The van der Waals surface area contributed by atoms with Crippen molar-refractivity contribution in [1.29, 1.82) is 0 Å². The Kier molecular flexibility index (Phi) is 5.45. The summed E-state index contributed by atoms with van der Waals surface area (Å²) in [6.07, 6.45) is 4.97. The van der Waals surface area contributed by atoms with Crippen molar-refractivity contribution >= 4 is 33.5 Å². The van der Waals surface area contributed by atoms with E-state index in [0.717, 1.165) is 27.7 Å². The van der Waals surface area contributed by atoms with Crippen LogP contribution in [0.1, 0.15) is 13.8 Å². The minimum atomic E-state index is -0.331. The molecule has 0 radical (unpaired) electrons. The highest BCUT2D eigenvalue weighted by Crippen LogP contribution is 2.34. The van der Waals surface area contributed by atoms with Crippen molar-refractivity contribution in [2.24, 2.45) is 5.92 Å². The number of H-pyrrole nitrogens is 2. The molecule has 0 aliphatic heterocycles. The topological polar surface area (TPSA) is 112 Å². The smallest absolute Gasteiger partial charge is 0.226 e. The molecular weight excluding hydrogens is 469 g/mol. The Morgan fingerprint density at radius 2 is 1.86 bits per heavy atom. The lowest BCUT2D eigenvalue weighted by Crippen LogP contribution is -2.17. The van der Waals surface area contributed by atoms with E-state index in [1.54, 1.807) is 36.8 Å². The highest BCUT2D eigenvalue weighted by molar-refractivity contribution is 5.99. The quantitative estimate of drug-likeness (QED) is 0.275. The second-order valence-corrected chi connectivity index (χ2v) is 9.05. The van der Waals surface area contributed by atoms with E-state index in [1.165, 1.54) is 6.07 Å². The Morgan fingerprint density at radius 1 is 1.00 bits per heavy atom. The minimum Gasteiger partial charge on any atom is -0.353 e. The van der Waals surface area contributed by atoms with E-state index >= 15 is 0 Å². The molecule has 6 aromatic rings. The standard InChI is InChI=1S/C28H22FN7O/c1-15(2)28(37)32-17-11-16(13-30-14-17)21-7-8-23-26(34-21)27(36-35-23)24-12-19-22(33-24)9-10-31-25(19)18-5-3-4-6-20(18)29/h3-15,33H,1-2H3,(H,32,37)(H,35,36). The molecule has 0 bridgehead atoms. The Labute approximate surface area is 211 Å². The largest absolute Gasteiger partial charge is 0.353 e. The van der Waals surface area contributed by atoms with Crippen LogP contribution in [-0.4, -0.2) is 36.0 Å². The molecule has 0 saturated heterocycles. The molecule has 3 N–H and O–H groups in total. The molecular formula is C28H22FN7O. The summed E-state index contributed by atoms with van der Waals surface area (Å²) >= 11 is 0. The van der Waals surface area contributed by atoms with Crippen molar-refractivity contribution in [1.82, 2.24) is 30.1 Å². The van der Waals surface area contributed by atoms with E-state index in [0.29, 0.717) is 33.8 Å². The van der Waals surface area contributed by atoms with Crippen molar-refractivity contribution in [2.45, 2.75) is 13.8 Å². The number of hydrogen-bond acceptors (Lipinski definition) is 5. The van der Waals surface area contributed by atoms with Crippen molar-refractivity contribution < 1.29 is 9.18 Å². The van der Waals surface area contributed by atoms with Gasteiger partial charge in [0.25, 0.3) is 0 Å². The van der Waals surface area contributed by atoms with Crippen molar-refractivity contribution in [3.8, 4) is 33.9 Å². The van der Waals surface area contributed by atoms with Crippen LogP contribution < -0.4 is 5.32 Å². The third-order valence-corrected chi connectivity index (χ3v) is 6.17. The molecule has 0 saturated carbocycles. The molecule has 0 unspecified atom stereocenters. The van der Waals surface area contributed by atoms with Gasteiger partial charge in [-0.2, -0.15) is 5.10 Å². The van der Waals surface area contributed by atoms with Crippen LogP contribution in [0.3, 0.4) is 0 Å². The van der Waals surface area contributed by atoms with E-state index in [-0.39, 0.29) is 17.6 Å². The summed E-state index contributed by atoms with van der Waals surface area (Å²) in [6, 6.07) is 16.0. The summed E-state index contributed by atoms with van der Waals surface area (Å²) in [7, 11) is 0. The van der Waals surface area contributed by atoms with Crippen molar-refractivity contribution in [3.05, 3.63) is 79.0 Å². The first-order chi connectivity index (χ1) is 18.0. The maximum Gasteiger partial charge on any atom is 0.226 e. The number of carbonyl (C=O) groups is 1. The maximum atomic E-state index is 14.5. The fraction of sp³-hybridized carbons (Fsp3) is 0.107. The van der Waals surface area contributed by atoms with Gasteiger partial charge in [-0.05, 0) is 42.5 Å². The molecule has 5 aromatic heterocycles. The molecule has 0 spiro atoms. The van der Waals surface area contributed by atoms with E-state index in [4.69, 9.17) is 4.98 Å². The summed E-state index contributed by atoms with van der Waals surface area (Å²) in [6.45, 7) is 3.67. The number of aromatic amines is 2. The zero-order valence-corrected chi connectivity index (χ0v) is 20.1. The molecule has 182 valence electrons. The van der Waals surface area contributed by atoms with Gasteiger partial charge >= 0.3 is 0 Å². The van der Waals surface area contributed by atoms with Crippen LogP contribution in [0, 0.1) is 11.7 Å². The highest BCUT2D eigenvalue weighted by atomic mass is 19.1. The summed E-state index contributed by atoms with van der Waals surface area (Å²) in [5.41, 5.74) is 6.65. The van der Waals surface area contributed by atoms with Crippen LogP contribution in [0.15, 0.2) is 73.2 Å². The van der Waals surface area contributed by atoms with E-state index in [2.05, 4.69) is 30.5 Å². The van der Waals surface area contributed by atoms with Gasteiger partial charge in [0, 0.05) is 40.3 Å². The maximum absolute atomic E-state index is 14.5. The molecule has 0 atom stereocenters. The van der Waals surface area contributed by atoms with Gasteiger partial charge in [0.2, 0.25) is 5.91 Å². The lowest BCUT2D eigenvalue weighted by atomic mass is 10.1. The average Bonchev–Trinajstić information content (AvgIpc) is 3.53. The van der Waals surface area contributed by atoms with Gasteiger partial charge in [-0.1, -0.05) is 26.0 Å². The average molecular weight is 492 g/mol. The number of carbonyl (C=O) groups excluding carboxylic acids is 1. The SMILES string of the molecule is CC(C)C(=O)Nc1cncc(-c2ccc3[nH]nc(-c4cc5c(-c6ccccc6F)nccc5[nH]4)c3n2)c1. The molecule has 1 amide bonds. The van der Waals surface area contributed by atoms with E-state index in [1.807, 2.05) is 44.2 Å². The summed E-state index contributed by atoms with van der Waals surface area (Å²) in [5, 5.41) is 11.2. The van der Waals surface area contributed by atoms with Gasteiger partial charge in [-0.25, -0.2) is 9.37 Å². The van der Waals surface area contributed by atoms with Crippen LogP contribution >= 0.6 is 0 Å². The van der Waals surface area contributed by atoms with Gasteiger partial charge in [0.1, 0.15) is 17.0 Å². The second kappa shape index (κ2) is 8.94. The van der Waals surface area contributed by atoms with Crippen LogP contribution in [0.5, 0.6) is 0 Å². The molecule has 9 heteroatoms. The number of benzene rings is 1. The van der Waals surface area contributed by atoms with Gasteiger partial charge in [-0.15, -0.1) is 0 Å². The van der Waals surface area contributed by atoms with E-state index in [9.17, 15) is 9.18 Å². The van der Waals surface area contributed by atoms with Gasteiger partial charge in [-0.3, -0.25) is 19.9 Å². The molecule has 0 aliphatic rings. The van der Waals surface area contributed by atoms with Crippen LogP contribution in [0.4, 0.5) is 10.1 Å². The number of rotatable bonds is 5. The van der Waals surface area contributed by atoms with Crippen molar-refractivity contribution in [2.75, 3.05) is 5.32 Å². The summed E-state index contributed by atoms with van der Waals surface area (Å²) < 4.78 is 14.5. The number of anilines is 1. The predicted molar refractivity (Wildman–Crippen MR) is 141 cm³/mol. The fourth-order valence-electron chi connectivity index (χ4n) is 4.23. The van der Waals surface area contributed by atoms with Gasteiger partial charge in [0.15, 0.2) is 0 Å². The number of amides is 1. The summed E-state index contributed by atoms with van der Waals surface area (Å²) in [5.74, 6) is -0.554. The van der Waals surface area contributed by atoms with Crippen molar-refractivity contribution in [3.63, 3.8) is 0 Å². The Hall–Kier alpha value is -4.92. The lowest BCUT2D eigenvalue weighted by molar-refractivity contribution is -0.118. The lowest BCUT2D eigenvalue weighted by Gasteiger charge is -2.08. The number of nitrogens with zero attached hydrogens (tertiary/aromatic N) is 4. The van der Waals surface area contributed by atoms with Crippen LogP contribution in [0.25, 0.3) is 55.8 Å². The number of hydrogen-bond donors (Lipinski definition) is 3. The van der Waals surface area contributed by atoms with Crippen LogP contribution in [-0.2, 0) is 4.79 Å². The summed E-state index contributed by atoms with van der Waals surface area (Å²) in [4.78, 5) is 29.1. The normalized spacial score (nSPS) is 11.5. The predicted octanol–water partition coefficient (Wildman–Crippen LogP) is 5.96. The van der Waals surface area contributed by atoms with Gasteiger partial charge < -0.3 is 10.3 Å². The number of halogens is 1.